The van der Waals surface area contributed by atoms with Gasteiger partial charge >= 0.3 is 0 Å². The molecular weight excluding hydrogens is 498 g/mol. The Morgan fingerprint density at radius 3 is 2.41 bits per heavy atom. The lowest BCUT2D eigenvalue weighted by Gasteiger charge is -2.26. The van der Waals surface area contributed by atoms with Crippen molar-refractivity contribution in [3.63, 3.8) is 0 Å². The van der Waals surface area contributed by atoms with Gasteiger partial charge < -0.3 is 14.9 Å². The van der Waals surface area contributed by atoms with Crippen molar-refractivity contribution in [3.8, 4) is 11.5 Å². The van der Waals surface area contributed by atoms with Crippen LogP contribution in [-0.4, -0.2) is 29.0 Å². The highest BCUT2D eigenvalue weighted by Crippen LogP contribution is 2.44. The molecule has 1 heterocycles. The molecule has 8 heteroatoms. The minimum Gasteiger partial charge on any atom is -0.507 e. The number of methoxy groups -OCH3 is 1. The molecule has 32 heavy (non-hydrogen) atoms. The van der Waals surface area contributed by atoms with Crippen LogP contribution in [0.1, 0.15) is 17.2 Å². The van der Waals surface area contributed by atoms with Gasteiger partial charge in [0.1, 0.15) is 5.76 Å². The summed E-state index contributed by atoms with van der Waals surface area (Å²) in [6.45, 7) is 0. The van der Waals surface area contributed by atoms with E-state index in [9.17, 15) is 19.8 Å². The number of ketones is 1. The van der Waals surface area contributed by atoms with E-state index in [2.05, 4.69) is 15.9 Å². The zero-order valence-electron chi connectivity index (χ0n) is 16.8. The number of hydrogen-bond donors (Lipinski definition) is 2. The predicted octanol–water partition coefficient (Wildman–Crippen LogP) is 5.44. The van der Waals surface area contributed by atoms with Crippen LogP contribution in [0.25, 0.3) is 5.76 Å². The number of nitrogens with zero attached hydrogens (tertiary/aromatic N) is 1. The SMILES string of the molecule is COc1ccc(C2/C(=C(/O)c3ccc(Br)cc3)C(=O)C(=O)N2c2cccc(Cl)c2)cc1O. The van der Waals surface area contributed by atoms with Gasteiger partial charge in [-0.2, -0.15) is 0 Å². The molecule has 6 nitrogen and oxygen atoms in total. The Hall–Kier alpha value is -3.29. The number of aliphatic hydroxyl groups is 1. The minimum absolute atomic E-state index is 0.0955. The van der Waals surface area contributed by atoms with Crippen molar-refractivity contribution in [2.75, 3.05) is 12.0 Å². The highest BCUT2D eigenvalue weighted by Gasteiger charge is 2.47. The molecule has 4 rings (SSSR count). The molecular formula is C24H17BrClNO5. The van der Waals surface area contributed by atoms with Gasteiger partial charge in [0.15, 0.2) is 11.5 Å². The number of amides is 1. The Morgan fingerprint density at radius 2 is 1.78 bits per heavy atom. The van der Waals surface area contributed by atoms with Crippen molar-refractivity contribution in [2.45, 2.75) is 6.04 Å². The number of hydrogen-bond acceptors (Lipinski definition) is 5. The van der Waals surface area contributed by atoms with E-state index in [1.54, 1.807) is 54.6 Å². The Balaban J connectivity index is 1.96. The molecule has 1 aliphatic heterocycles. The van der Waals surface area contributed by atoms with Crippen LogP contribution >= 0.6 is 27.5 Å². The number of rotatable bonds is 4. The molecule has 3 aromatic carbocycles. The van der Waals surface area contributed by atoms with Crippen molar-refractivity contribution in [3.05, 3.63) is 92.9 Å². The average Bonchev–Trinajstić information content (AvgIpc) is 3.04. The van der Waals surface area contributed by atoms with E-state index in [0.717, 1.165) is 4.47 Å². The van der Waals surface area contributed by atoms with Crippen LogP contribution in [0, 0.1) is 0 Å². The first-order valence-electron chi connectivity index (χ1n) is 9.51. The van der Waals surface area contributed by atoms with Gasteiger partial charge in [-0.25, -0.2) is 0 Å². The van der Waals surface area contributed by atoms with Crippen molar-refractivity contribution in [1.29, 1.82) is 0 Å². The van der Waals surface area contributed by atoms with Crippen LogP contribution in [0.4, 0.5) is 5.69 Å². The highest BCUT2D eigenvalue weighted by molar-refractivity contribution is 9.10. The average molecular weight is 515 g/mol. The van der Waals surface area contributed by atoms with Gasteiger partial charge in [-0.15, -0.1) is 0 Å². The van der Waals surface area contributed by atoms with E-state index in [-0.39, 0.29) is 22.8 Å². The molecule has 1 amide bonds. The van der Waals surface area contributed by atoms with Crippen LogP contribution in [0.5, 0.6) is 11.5 Å². The van der Waals surface area contributed by atoms with Gasteiger partial charge in [0.2, 0.25) is 0 Å². The predicted molar refractivity (Wildman–Crippen MR) is 125 cm³/mol. The molecule has 0 spiro atoms. The zero-order chi connectivity index (χ0) is 23.0. The molecule has 2 N–H and O–H groups in total. The Kier molecular flexibility index (Phi) is 5.95. The Morgan fingerprint density at radius 1 is 1.06 bits per heavy atom. The first-order chi connectivity index (χ1) is 15.3. The van der Waals surface area contributed by atoms with Crippen LogP contribution in [0.2, 0.25) is 5.02 Å². The number of aromatic hydroxyl groups is 1. The number of phenolic OH excluding ortho intramolecular Hbond substituents is 1. The number of anilines is 1. The molecule has 0 radical (unpaired) electrons. The minimum atomic E-state index is -0.992. The number of phenols is 1. The smallest absolute Gasteiger partial charge is 0.300 e. The summed E-state index contributed by atoms with van der Waals surface area (Å²) in [6.07, 6.45) is 0. The molecule has 1 aliphatic rings. The van der Waals surface area contributed by atoms with Gasteiger partial charge in [0.05, 0.1) is 18.7 Å². The lowest BCUT2D eigenvalue weighted by atomic mass is 9.95. The largest absolute Gasteiger partial charge is 0.507 e. The summed E-state index contributed by atoms with van der Waals surface area (Å²) in [5.41, 5.74) is 1.08. The Labute approximate surface area is 197 Å². The molecule has 162 valence electrons. The molecule has 1 atom stereocenters. The molecule has 1 fully saturated rings. The van der Waals surface area contributed by atoms with Gasteiger partial charge in [0.25, 0.3) is 11.7 Å². The molecule has 3 aromatic rings. The fourth-order valence-electron chi connectivity index (χ4n) is 3.68. The summed E-state index contributed by atoms with van der Waals surface area (Å²) < 4.78 is 5.90. The van der Waals surface area contributed by atoms with Gasteiger partial charge in [-0.3, -0.25) is 14.5 Å². The third kappa shape index (κ3) is 3.85. The summed E-state index contributed by atoms with van der Waals surface area (Å²) >= 11 is 9.47. The molecule has 0 aliphatic carbocycles. The number of halogens is 2. The standard InChI is InChI=1S/C24H17BrClNO5/c1-32-19-10-7-14(11-18(19)28)21-20(22(29)13-5-8-15(25)9-6-13)23(30)24(31)27(21)17-4-2-3-16(26)12-17/h2-12,21,28-29H,1H3/b22-20-. The lowest BCUT2D eigenvalue weighted by molar-refractivity contribution is -0.132. The number of carbonyl (C=O) groups is 2. The van der Waals surface area contributed by atoms with E-state index in [1.165, 1.54) is 24.1 Å². The zero-order valence-corrected chi connectivity index (χ0v) is 19.1. The van der Waals surface area contributed by atoms with Crippen molar-refractivity contribution in [1.82, 2.24) is 0 Å². The topological polar surface area (TPSA) is 87.1 Å². The highest BCUT2D eigenvalue weighted by atomic mass is 79.9. The van der Waals surface area contributed by atoms with Gasteiger partial charge in [-0.05, 0) is 48.0 Å². The first-order valence-corrected chi connectivity index (χ1v) is 10.7. The van der Waals surface area contributed by atoms with Crippen LogP contribution in [0.15, 0.2) is 76.8 Å². The summed E-state index contributed by atoms with van der Waals surface area (Å²) in [5, 5.41) is 21.8. The second kappa shape index (κ2) is 8.68. The lowest BCUT2D eigenvalue weighted by Crippen LogP contribution is -2.29. The number of aliphatic hydroxyl groups excluding tert-OH is 1. The molecule has 0 aromatic heterocycles. The number of carbonyl (C=O) groups excluding carboxylic acids is 2. The second-order valence-corrected chi connectivity index (χ2v) is 8.44. The van der Waals surface area contributed by atoms with Crippen LogP contribution < -0.4 is 9.64 Å². The molecule has 0 bridgehead atoms. The van der Waals surface area contributed by atoms with Crippen LogP contribution in [-0.2, 0) is 9.59 Å². The van der Waals surface area contributed by atoms with Crippen molar-refractivity contribution in [2.24, 2.45) is 0 Å². The fourth-order valence-corrected chi connectivity index (χ4v) is 4.13. The molecule has 1 saturated heterocycles. The van der Waals surface area contributed by atoms with Crippen LogP contribution in [0.3, 0.4) is 0 Å². The van der Waals surface area contributed by atoms with Crippen molar-refractivity contribution >= 4 is 50.7 Å². The number of benzene rings is 3. The maximum atomic E-state index is 13.1. The van der Waals surface area contributed by atoms with E-state index in [4.69, 9.17) is 16.3 Å². The summed E-state index contributed by atoms with van der Waals surface area (Å²) in [6, 6.07) is 16.8. The maximum absolute atomic E-state index is 13.1. The van der Waals surface area contributed by atoms with Gasteiger partial charge in [0, 0.05) is 20.7 Å². The van der Waals surface area contributed by atoms with E-state index >= 15 is 0 Å². The third-order valence-electron chi connectivity index (χ3n) is 5.17. The normalized spacial score (nSPS) is 17.6. The summed E-state index contributed by atoms with van der Waals surface area (Å²) in [5.74, 6) is -1.90. The molecule has 0 saturated carbocycles. The third-order valence-corrected chi connectivity index (χ3v) is 5.93. The number of ether oxygens (including phenoxy) is 1. The first kappa shape index (κ1) is 21.9. The van der Waals surface area contributed by atoms with Crippen molar-refractivity contribution < 1.29 is 24.5 Å². The second-order valence-electron chi connectivity index (χ2n) is 7.09. The Bertz CT molecular complexity index is 1260. The van der Waals surface area contributed by atoms with E-state index in [0.29, 0.717) is 21.8 Å². The van der Waals surface area contributed by atoms with Gasteiger partial charge in [-0.1, -0.05) is 51.8 Å². The molecule has 1 unspecified atom stereocenters. The summed E-state index contributed by atoms with van der Waals surface area (Å²) in [7, 11) is 1.42. The van der Waals surface area contributed by atoms with E-state index in [1.807, 2.05) is 0 Å². The summed E-state index contributed by atoms with van der Waals surface area (Å²) in [4.78, 5) is 27.5. The quantitative estimate of drug-likeness (QED) is 0.275. The fraction of sp³-hybridized carbons (Fsp3) is 0.0833. The maximum Gasteiger partial charge on any atom is 0.300 e. The number of Topliss-reactive ketones (excluding diaryl/α,β-unsaturated/α-hetero) is 1. The monoisotopic (exact) mass is 513 g/mol. The van der Waals surface area contributed by atoms with E-state index < -0.39 is 17.7 Å².